The van der Waals surface area contributed by atoms with Crippen molar-refractivity contribution in [3.8, 4) is 17.2 Å². The number of rotatable bonds is 8. The quantitative estimate of drug-likeness (QED) is 0.621. The Bertz CT molecular complexity index is 860. The average molecular weight is 413 g/mol. The molecule has 0 unspecified atom stereocenters. The molecular weight excluding hydrogens is 380 g/mol. The Hall–Kier alpha value is -2.73. The van der Waals surface area contributed by atoms with Crippen LogP contribution in [0.2, 0.25) is 0 Å². The number of nitrogens with zero attached hydrogens (tertiary/aromatic N) is 2. The lowest BCUT2D eigenvalue weighted by Gasteiger charge is -2.34. The van der Waals surface area contributed by atoms with E-state index in [2.05, 4.69) is 30.9 Å². The lowest BCUT2D eigenvalue weighted by Crippen LogP contribution is -2.49. The number of methoxy groups -OCH3 is 2. The zero-order valence-electron chi connectivity index (χ0n) is 18.4. The summed E-state index contributed by atoms with van der Waals surface area (Å²) in [6.07, 6.45) is 0.969. The molecule has 1 fully saturated rings. The van der Waals surface area contributed by atoms with Crippen molar-refractivity contribution >= 4 is 5.91 Å². The van der Waals surface area contributed by atoms with Gasteiger partial charge in [-0.3, -0.25) is 9.69 Å². The van der Waals surface area contributed by atoms with E-state index in [-0.39, 0.29) is 5.91 Å². The van der Waals surface area contributed by atoms with Gasteiger partial charge in [0.1, 0.15) is 5.75 Å². The maximum Gasteiger partial charge on any atom is 0.254 e. The van der Waals surface area contributed by atoms with E-state index in [9.17, 15) is 4.79 Å². The second kappa shape index (κ2) is 10.3. The third kappa shape index (κ3) is 5.45. The minimum absolute atomic E-state index is 0.0358. The van der Waals surface area contributed by atoms with Crippen LogP contribution in [0.3, 0.4) is 0 Å². The van der Waals surface area contributed by atoms with E-state index < -0.39 is 0 Å². The first kappa shape index (κ1) is 22.0. The first-order valence-corrected chi connectivity index (χ1v) is 10.5. The second-order valence-electron chi connectivity index (χ2n) is 7.65. The van der Waals surface area contributed by atoms with Crippen molar-refractivity contribution in [1.82, 2.24) is 9.80 Å². The van der Waals surface area contributed by atoms with Crippen molar-refractivity contribution in [1.29, 1.82) is 0 Å². The number of hydrogen-bond acceptors (Lipinski definition) is 5. The van der Waals surface area contributed by atoms with Crippen LogP contribution in [0.5, 0.6) is 17.2 Å². The molecule has 162 valence electrons. The molecule has 0 N–H and O–H groups in total. The fourth-order valence-electron chi connectivity index (χ4n) is 3.61. The second-order valence-corrected chi connectivity index (χ2v) is 7.65. The van der Waals surface area contributed by atoms with Crippen LogP contribution in [0, 0.1) is 13.8 Å². The minimum atomic E-state index is 0.0358. The maximum atomic E-state index is 12.8. The van der Waals surface area contributed by atoms with E-state index in [0.29, 0.717) is 23.7 Å². The van der Waals surface area contributed by atoms with Gasteiger partial charge in [0, 0.05) is 38.3 Å². The van der Waals surface area contributed by atoms with E-state index in [1.54, 1.807) is 32.4 Å². The standard InChI is InChI=1S/C24H32N2O4/c1-18-6-8-21(16-19(18)2)30-15-5-10-25-11-13-26(14-12-25)24(27)20-7-9-22(28-3)23(17-20)29-4/h6-9,16-17H,5,10-15H2,1-4H3. The van der Waals surface area contributed by atoms with Crippen LogP contribution in [0.15, 0.2) is 36.4 Å². The van der Waals surface area contributed by atoms with E-state index in [4.69, 9.17) is 14.2 Å². The number of amides is 1. The summed E-state index contributed by atoms with van der Waals surface area (Å²) in [5, 5.41) is 0. The summed E-state index contributed by atoms with van der Waals surface area (Å²) in [5.74, 6) is 2.17. The van der Waals surface area contributed by atoms with Gasteiger partial charge in [-0.05, 0) is 61.7 Å². The highest BCUT2D eigenvalue weighted by Crippen LogP contribution is 2.28. The Balaban J connectivity index is 1.42. The minimum Gasteiger partial charge on any atom is -0.494 e. The highest BCUT2D eigenvalue weighted by Gasteiger charge is 2.22. The van der Waals surface area contributed by atoms with Gasteiger partial charge in [-0.25, -0.2) is 0 Å². The first-order chi connectivity index (χ1) is 14.5. The highest BCUT2D eigenvalue weighted by atomic mass is 16.5. The van der Waals surface area contributed by atoms with Crippen LogP contribution in [-0.2, 0) is 0 Å². The van der Waals surface area contributed by atoms with Gasteiger partial charge in [-0.2, -0.15) is 0 Å². The third-order valence-electron chi connectivity index (χ3n) is 5.66. The molecule has 1 heterocycles. The number of piperazine rings is 1. The summed E-state index contributed by atoms with van der Waals surface area (Å²) in [6, 6.07) is 11.5. The molecule has 6 heteroatoms. The first-order valence-electron chi connectivity index (χ1n) is 10.5. The molecule has 0 aliphatic carbocycles. The number of aryl methyl sites for hydroxylation is 2. The maximum absolute atomic E-state index is 12.8. The lowest BCUT2D eigenvalue weighted by molar-refractivity contribution is 0.0630. The molecule has 0 saturated carbocycles. The van der Waals surface area contributed by atoms with Gasteiger partial charge in [0.25, 0.3) is 5.91 Å². The summed E-state index contributed by atoms with van der Waals surface area (Å²) in [6.45, 7) is 9.10. The van der Waals surface area contributed by atoms with Gasteiger partial charge in [0.2, 0.25) is 0 Å². The molecule has 0 aromatic heterocycles. The molecule has 0 radical (unpaired) electrons. The molecule has 3 rings (SSSR count). The summed E-state index contributed by atoms with van der Waals surface area (Å²) in [5.41, 5.74) is 3.16. The van der Waals surface area contributed by atoms with Crippen LogP contribution in [0.1, 0.15) is 27.9 Å². The van der Waals surface area contributed by atoms with Gasteiger partial charge in [0.05, 0.1) is 20.8 Å². The normalized spacial score (nSPS) is 14.5. The fraction of sp³-hybridized carbons (Fsp3) is 0.458. The zero-order chi connectivity index (χ0) is 21.5. The van der Waals surface area contributed by atoms with Crippen molar-refractivity contribution < 1.29 is 19.0 Å². The number of ether oxygens (including phenoxy) is 3. The van der Waals surface area contributed by atoms with E-state index >= 15 is 0 Å². The lowest BCUT2D eigenvalue weighted by atomic mass is 10.1. The zero-order valence-corrected chi connectivity index (χ0v) is 18.4. The fourth-order valence-corrected chi connectivity index (χ4v) is 3.61. The Morgan fingerprint density at radius 3 is 2.30 bits per heavy atom. The monoisotopic (exact) mass is 412 g/mol. The highest BCUT2D eigenvalue weighted by molar-refractivity contribution is 5.95. The molecule has 0 spiro atoms. The number of carbonyl (C=O) groups is 1. The average Bonchev–Trinajstić information content (AvgIpc) is 2.78. The molecule has 1 saturated heterocycles. The van der Waals surface area contributed by atoms with E-state index in [1.807, 2.05) is 11.0 Å². The molecule has 6 nitrogen and oxygen atoms in total. The number of carbonyl (C=O) groups excluding carboxylic acids is 1. The number of benzene rings is 2. The smallest absolute Gasteiger partial charge is 0.254 e. The molecule has 0 atom stereocenters. The van der Waals surface area contributed by atoms with Gasteiger partial charge >= 0.3 is 0 Å². The van der Waals surface area contributed by atoms with Crippen molar-refractivity contribution in [3.05, 3.63) is 53.1 Å². The van der Waals surface area contributed by atoms with Gasteiger partial charge in [-0.15, -0.1) is 0 Å². The summed E-state index contributed by atoms with van der Waals surface area (Å²) < 4.78 is 16.4. The molecule has 1 amide bonds. The molecule has 1 aliphatic heterocycles. The largest absolute Gasteiger partial charge is 0.494 e. The van der Waals surface area contributed by atoms with Crippen molar-refractivity contribution in [2.45, 2.75) is 20.3 Å². The SMILES string of the molecule is COc1ccc(C(=O)N2CCN(CCCOc3ccc(C)c(C)c3)CC2)cc1OC. The van der Waals surface area contributed by atoms with Crippen molar-refractivity contribution in [2.24, 2.45) is 0 Å². The van der Waals surface area contributed by atoms with E-state index in [1.165, 1.54) is 11.1 Å². The van der Waals surface area contributed by atoms with Crippen molar-refractivity contribution in [3.63, 3.8) is 0 Å². The predicted octanol–water partition coefficient (Wildman–Crippen LogP) is 3.55. The molecule has 30 heavy (non-hydrogen) atoms. The van der Waals surface area contributed by atoms with Crippen LogP contribution >= 0.6 is 0 Å². The van der Waals surface area contributed by atoms with Crippen LogP contribution in [0.4, 0.5) is 0 Å². The predicted molar refractivity (Wildman–Crippen MR) is 118 cm³/mol. The van der Waals surface area contributed by atoms with Gasteiger partial charge in [0.15, 0.2) is 11.5 Å². The Kier molecular flexibility index (Phi) is 7.57. The van der Waals surface area contributed by atoms with Gasteiger partial charge < -0.3 is 19.1 Å². The summed E-state index contributed by atoms with van der Waals surface area (Å²) in [7, 11) is 3.17. The third-order valence-corrected chi connectivity index (χ3v) is 5.66. The summed E-state index contributed by atoms with van der Waals surface area (Å²) in [4.78, 5) is 17.1. The van der Waals surface area contributed by atoms with Crippen molar-refractivity contribution in [2.75, 3.05) is 53.6 Å². The Morgan fingerprint density at radius 1 is 0.900 bits per heavy atom. The van der Waals surface area contributed by atoms with Gasteiger partial charge in [-0.1, -0.05) is 6.07 Å². The van der Waals surface area contributed by atoms with E-state index in [0.717, 1.165) is 44.9 Å². The summed E-state index contributed by atoms with van der Waals surface area (Å²) >= 11 is 0. The molecule has 2 aromatic rings. The Morgan fingerprint density at radius 2 is 1.63 bits per heavy atom. The topological polar surface area (TPSA) is 51.2 Å². The van der Waals surface area contributed by atoms with Crippen LogP contribution in [-0.4, -0.2) is 69.3 Å². The molecule has 2 aromatic carbocycles. The van der Waals surface area contributed by atoms with Crippen LogP contribution in [0.25, 0.3) is 0 Å². The Labute approximate surface area is 179 Å². The number of hydrogen-bond donors (Lipinski definition) is 0. The van der Waals surface area contributed by atoms with Crippen LogP contribution < -0.4 is 14.2 Å². The molecular formula is C24H32N2O4. The molecule has 0 bridgehead atoms. The molecule has 1 aliphatic rings.